The van der Waals surface area contributed by atoms with E-state index >= 15 is 0 Å². The van der Waals surface area contributed by atoms with Crippen molar-refractivity contribution in [3.8, 4) is 5.75 Å². The summed E-state index contributed by atoms with van der Waals surface area (Å²) in [6.45, 7) is 3.12. The van der Waals surface area contributed by atoms with Gasteiger partial charge in [0.2, 0.25) is 0 Å². The van der Waals surface area contributed by atoms with Gasteiger partial charge >= 0.3 is 0 Å². The van der Waals surface area contributed by atoms with Gasteiger partial charge < -0.3 is 10.1 Å². The van der Waals surface area contributed by atoms with Gasteiger partial charge in [0.05, 0.1) is 7.11 Å². The minimum Gasteiger partial charge on any atom is -0.496 e. The second-order valence-corrected chi connectivity index (χ2v) is 6.62. The number of rotatable bonds is 7. The molecule has 5 heteroatoms. The van der Waals surface area contributed by atoms with E-state index in [-0.39, 0.29) is 6.04 Å². The van der Waals surface area contributed by atoms with E-state index in [4.69, 9.17) is 27.9 Å². The maximum Gasteiger partial charge on any atom is 0.129 e. The molecule has 0 bridgehead atoms. The Morgan fingerprint density at radius 1 is 1.29 bits per heavy atom. The van der Waals surface area contributed by atoms with Crippen LogP contribution in [0.5, 0.6) is 5.75 Å². The van der Waals surface area contributed by atoms with Crippen LogP contribution in [0, 0.1) is 0 Å². The van der Waals surface area contributed by atoms with Crippen molar-refractivity contribution < 1.29 is 4.74 Å². The molecule has 0 saturated carbocycles. The van der Waals surface area contributed by atoms with Crippen LogP contribution in [0.4, 0.5) is 0 Å². The average Bonchev–Trinajstić information content (AvgIpc) is 2.95. The molecule has 1 atom stereocenters. The van der Waals surface area contributed by atoms with Gasteiger partial charge in [-0.1, -0.05) is 30.1 Å². The molecule has 2 nitrogen and oxygen atoms in total. The Balaban J connectivity index is 2.21. The summed E-state index contributed by atoms with van der Waals surface area (Å²) in [6.07, 6.45) is 1.89. The van der Waals surface area contributed by atoms with Gasteiger partial charge in [0.1, 0.15) is 5.75 Å². The van der Waals surface area contributed by atoms with Gasteiger partial charge in [0.15, 0.2) is 0 Å². The van der Waals surface area contributed by atoms with Crippen molar-refractivity contribution in [2.75, 3.05) is 13.7 Å². The Bertz CT molecular complexity index is 585. The fourth-order valence-corrected chi connectivity index (χ4v) is 3.46. The molecule has 114 valence electrons. The van der Waals surface area contributed by atoms with E-state index in [0.29, 0.717) is 5.02 Å². The Labute approximate surface area is 140 Å². The van der Waals surface area contributed by atoms with Crippen molar-refractivity contribution in [2.24, 2.45) is 0 Å². The summed E-state index contributed by atoms with van der Waals surface area (Å²) in [5, 5.41) is 7.07. The molecule has 0 fully saturated rings. The second-order valence-electron chi connectivity index (χ2n) is 4.84. The summed E-state index contributed by atoms with van der Waals surface area (Å²) in [5.74, 6) is 0.899. The standard InChI is InChI=1S/C16H19Cl2NOS/c1-3-6-19-15(16-9-13(20-2)10-21-16)8-11-7-12(17)4-5-14(11)18/h4-5,7,9-10,15,19H,3,6,8H2,1-2H3. The summed E-state index contributed by atoms with van der Waals surface area (Å²) in [5.41, 5.74) is 1.06. The third-order valence-corrected chi connectivity index (χ3v) is 4.88. The number of ether oxygens (including phenoxy) is 1. The maximum absolute atomic E-state index is 6.29. The summed E-state index contributed by atoms with van der Waals surface area (Å²) in [4.78, 5) is 1.25. The molecule has 0 aliphatic heterocycles. The highest BCUT2D eigenvalue weighted by molar-refractivity contribution is 7.10. The first kappa shape index (κ1) is 16.6. The molecule has 0 spiro atoms. The van der Waals surface area contributed by atoms with Crippen LogP contribution in [0.1, 0.15) is 29.8 Å². The number of benzene rings is 1. The van der Waals surface area contributed by atoms with Crippen molar-refractivity contribution in [1.29, 1.82) is 0 Å². The van der Waals surface area contributed by atoms with Gasteiger partial charge in [-0.25, -0.2) is 0 Å². The Morgan fingerprint density at radius 2 is 2.10 bits per heavy atom. The summed E-state index contributed by atoms with van der Waals surface area (Å²) in [7, 11) is 1.69. The first-order chi connectivity index (χ1) is 10.1. The van der Waals surface area contributed by atoms with Crippen LogP contribution in [0.25, 0.3) is 0 Å². The highest BCUT2D eigenvalue weighted by Crippen LogP contribution is 2.31. The molecule has 0 saturated heterocycles. The second kappa shape index (κ2) is 8.04. The number of halogens is 2. The number of nitrogens with one attached hydrogen (secondary N) is 1. The minimum absolute atomic E-state index is 0.217. The maximum atomic E-state index is 6.29. The number of hydrogen-bond acceptors (Lipinski definition) is 3. The van der Waals surface area contributed by atoms with E-state index in [2.05, 4.69) is 18.3 Å². The van der Waals surface area contributed by atoms with Crippen molar-refractivity contribution in [3.05, 3.63) is 50.1 Å². The van der Waals surface area contributed by atoms with E-state index in [9.17, 15) is 0 Å². The molecule has 2 aromatic rings. The Kier molecular flexibility index (Phi) is 6.37. The van der Waals surface area contributed by atoms with Crippen LogP contribution < -0.4 is 10.1 Å². The highest BCUT2D eigenvalue weighted by Gasteiger charge is 2.16. The van der Waals surface area contributed by atoms with Crippen LogP contribution >= 0.6 is 34.5 Å². The predicted octanol–water partition coefficient (Wildman–Crippen LogP) is 5.35. The first-order valence-electron chi connectivity index (χ1n) is 6.93. The topological polar surface area (TPSA) is 21.3 Å². The molecule has 0 aliphatic rings. The smallest absolute Gasteiger partial charge is 0.129 e. The van der Waals surface area contributed by atoms with E-state index in [1.165, 1.54) is 4.88 Å². The monoisotopic (exact) mass is 343 g/mol. The van der Waals surface area contributed by atoms with E-state index < -0.39 is 0 Å². The molecule has 1 unspecified atom stereocenters. The van der Waals surface area contributed by atoms with Crippen LogP contribution in [-0.2, 0) is 6.42 Å². The number of methoxy groups -OCH3 is 1. The first-order valence-corrected chi connectivity index (χ1v) is 8.57. The minimum atomic E-state index is 0.217. The van der Waals surface area contributed by atoms with Gasteiger partial charge in [-0.05, 0) is 49.2 Å². The molecular formula is C16H19Cl2NOS. The van der Waals surface area contributed by atoms with Crippen molar-refractivity contribution >= 4 is 34.5 Å². The van der Waals surface area contributed by atoms with Gasteiger partial charge in [0, 0.05) is 26.3 Å². The molecule has 21 heavy (non-hydrogen) atoms. The lowest BCUT2D eigenvalue weighted by Crippen LogP contribution is -2.23. The normalized spacial score (nSPS) is 12.4. The molecule has 1 N–H and O–H groups in total. The zero-order valence-corrected chi connectivity index (χ0v) is 14.5. The third-order valence-electron chi connectivity index (χ3n) is 3.25. The molecule has 0 aliphatic carbocycles. The SMILES string of the molecule is CCCNC(Cc1cc(Cl)ccc1Cl)c1cc(OC)cs1. The largest absolute Gasteiger partial charge is 0.496 e. The average molecular weight is 344 g/mol. The molecular weight excluding hydrogens is 325 g/mol. The highest BCUT2D eigenvalue weighted by atomic mass is 35.5. The number of thiophene rings is 1. The lowest BCUT2D eigenvalue weighted by molar-refractivity contribution is 0.415. The Hall–Kier alpha value is -0.740. The van der Waals surface area contributed by atoms with Crippen LogP contribution in [0.15, 0.2) is 29.6 Å². The molecule has 1 aromatic heterocycles. The van der Waals surface area contributed by atoms with Crippen LogP contribution in [0.3, 0.4) is 0 Å². The summed E-state index contributed by atoms with van der Waals surface area (Å²) < 4.78 is 5.28. The molecule has 1 aromatic carbocycles. The predicted molar refractivity (Wildman–Crippen MR) is 92.1 cm³/mol. The van der Waals surface area contributed by atoms with Gasteiger partial charge in [-0.2, -0.15) is 0 Å². The zero-order valence-electron chi connectivity index (χ0n) is 12.2. The van der Waals surface area contributed by atoms with Gasteiger partial charge in [-0.3, -0.25) is 0 Å². The number of hydrogen-bond donors (Lipinski definition) is 1. The fourth-order valence-electron chi connectivity index (χ4n) is 2.14. The third kappa shape index (κ3) is 4.62. The molecule has 0 amide bonds. The summed E-state index contributed by atoms with van der Waals surface area (Å²) >= 11 is 14.1. The van der Waals surface area contributed by atoms with Gasteiger partial charge in [0.25, 0.3) is 0 Å². The fraction of sp³-hybridized carbons (Fsp3) is 0.375. The van der Waals surface area contributed by atoms with Crippen LogP contribution in [-0.4, -0.2) is 13.7 Å². The van der Waals surface area contributed by atoms with Crippen LogP contribution in [0.2, 0.25) is 10.0 Å². The molecule has 0 radical (unpaired) electrons. The molecule has 2 rings (SSSR count). The van der Waals surface area contributed by atoms with E-state index in [1.807, 2.05) is 23.6 Å². The van der Waals surface area contributed by atoms with Gasteiger partial charge in [-0.15, -0.1) is 11.3 Å². The lowest BCUT2D eigenvalue weighted by atomic mass is 10.0. The molecule has 1 heterocycles. The quantitative estimate of drug-likeness (QED) is 0.731. The lowest BCUT2D eigenvalue weighted by Gasteiger charge is -2.18. The van der Waals surface area contributed by atoms with Crippen molar-refractivity contribution in [3.63, 3.8) is 0 Å². The Morgan fingerprint density at radius 3 is 2.76 bits per heavy atom. The van der Waals surface area contributed by atoms with Crippen molar-refractivity contribution in [1.82, 2.24) is 5.32 Å². The van der Waals surface area contributed by atoms with Crippen molar-refractivity contribution in [2.45, 2.75) is 25.8 Å². The van der Waals surface area contributed by atoms with E-state index in [0.717, 1.165) is 35.7 Å². The summed E-state index contributed by atoms with van der Waals surface area (Å²) in [6, 6.07) is 7.90. The zero-order chi connectivity index (χ0) is 15.2. The van der Waals surface area contributed by atoms with E-state index in [1.54, 1.807) is 18.4 Å².